The van der Waals surface area contributed by atoms with Gasteiger partial charge in [0.25, 0.3) is 0 Å². The number of carbonyl (C=O) groups is 1. The van der Waals surface area contributed by atoms with Crippen LogP contribution in [-0.4, -0.2) is 16.5 Å². The van der Waals surface area contributed by atoms with Gasteiger partial charge in [-0.05, 0) is 29.7 Å². The highest BCUT2D eigenvalue weighted by molar-refractivity contribution is 8.02. The minimum atomic E-state index is -0.363. The fourth-order valence-corrected chi connectivity index (χ4v) is 6.95. The Hall–Kier alpha value is -2.23. The SMILES string of the molecule is O=C1CC[C@]2(SCC2(c2ccccc2)c2ccccc2)N1c1ccccc1Cl. The lowest BCUT2D eigenvalue weighted by Crippen LogP contribution is -2.67. The Kier molecular flexibility index (Phi) is 4.26. The summed E-state index contributed by atoms with van der Waals surface area (Å²) >= 11 is 8.43. The van der Waals surface area contributed by atoms with E-state index in [-0.39, 0.29) is 16.2 Å². The minimum Gasteiger partial charge on any atom is -0.294 e. The first-order valence-corrected chi connectivity index (χ1v) is 10.9. The number of anilines is 1. The summed E-state index contributed by atoms with van der Waals surface area (Å²) in [7, 11) is 0. The first-order valence-electron chi connectivity index (χ1n) is 9.52. The molecule has 2 aliphatic heterocycles. The molecule has 3 aromatic rings. The molecule has 5 rings (SSSR count). The Morgan fingerprint density at radius 2 is 1.39 bits per heavy atom. The third kappa shape index (κ3) is 2.33. The summed E-state index contributed by atoms with van der Waals surface area (Å²) in [5.41, 5.74) is 3.07. The van der Waals surface area contributed by atoms with Gasteiger partial charge in [0.15, 0.2) is 0 Å². The molecule has 2 heterocycles. The number of benzene rings is 3. The van der Waals surface area contributed by atoms with Crippen molar-refractivity contribution >= 4 is 35.0 Å². The number of halogens is 1. The van der Waals surface area contributed by atoms with E-state index >= 15 is 0 Å². The van der Waals surface area contributed by atoms with Gasteiger partial charge in [-0.15, -0.1) is 11.8 Å². The lowest BCUT2D eigenvalue weighted by atomic mass is 9.68. The van der Waals surface area contributed by atoms with Crippen molar-refractivity contribution in [2.45, 2.75) is 23.1 Å². The molecule has 1 spiro atoms. The number of nitrogens with zero attached hydrogens (tertiary/aromatic N) is 1. The highest BCUT2D eigenvalue weighted by atomic mass is 35.5. The highest BCUT2D eigenvalue weighted by Crippen LogP contribution is 2.66. The molecule has 2 aliphatic rings. The normalized spacial score (nSPS) is 23.0. The molecule has 4 heteroatoms. The Labute approximate surface area is 174 Å². The van der Waals surface area contributed by atoms with E-state index in [1.165, 1.54) is 11.1 Å². The van der Waals surface area contributed by atoms with Gasteiger partial charge in [0, 0.05) is 12.2 Å². The fourth-order valence-electron chi connectivity index (χ4n) is 4.82. The van der Waals surface area contributed by atoms with Crippen LogP contribution in [0.4, 0.5) is 5.69 Å². The van der Waals surface area contributed by atoms with Crippen molar-refractivity contribution in [2.75, 3.05) is 10.7 Å². The second-order valence-electron chi connectivity index (χ2n) is 7.39. The minimum absolute atomic E-state index is 0.150. The maximum atomic E-state index is 13.1. The quantitative estimate of drug-likeness (QED) is 0.541. The van der Waals surface area contributed by atoms with E-state index in [4.69, 9.17) is 11.6 Å². The van der Waals surface area contributed by atoms with Crippen molar-refractivity contribution in [3.63, 3.8) is 0 Å². The topological polar surface area (TPSA) is 20.3 Å². The Morgan fingerprint density at radius 3 is 1.93 bits per heavy atom. The van der Waals surface area contributed by atoms with Crippen LogP contribution in [0.1, 0.15) is 24.0 Å². The van der Waals surface area contributed by atoms with Crippen LogP contribution < -0.4 is 4.90 Å². The molecular weight excluding hydrogens is 386 g/mol. The van der Waals surface area contributed by atoms with Crippen LogP contribution in [0.2, 0.25) is 5.02 Å². The van der Waals surface area contributed by atoms with Gasteiger partial charge in [-0.25, -0.2) is 0 Å². The molecule has 2 saturated heterocycles. The van der Waals surface area contributed by atoms with Crippen molar-refractivity contribution in [3.05, 3.63) is 101 Å². The smallest absolute Gasteiger partial charge is 0.228 e. The van der Waals surface area contributed by atoms with Crippen LogP contribution in [0.25, 0.3) is 0 Å². The van der Waals surface area contributed by atoms with Gasteiger partial charge in [0.1, 0.15) is 4.87 Å². The zero-order valence-electron chi connectivity index (χ0n) is 15.3. The molecule has 0 saturated carbocycles. The number of amides is 1. The predicted molar refractivity (Wildman–Crippen MR) is 117 cm³/mol. The highest BCUT2D eigenvalue weighted by Gasteiger charge is 2.68. The monoisotopic (exact) mass is 405 g/mol. The van der Waals surface area contributed by atoms with Crippen LogP contribution >= 0.6 is 23.4 Å². The summed E-state index contributed by atoms with van der Waals surface area (Å²) in [5.74, 6) is 1.09. The zero-order chi connectivity index (χ0) is 19.2. The van der Waals surface area contributed by atoms with E-state index in [2.05, 4.69) is 48.5 Å². The fraction of sp³-hybridized carbons (Fsp3) is 0.208. The van der Waals surface area contributed by atoms with Crippen molar-refractivity contribution in [1.29, 1.82) is 0 Å². The molecule has 140 valence electrons. The van der Waals surface area contributed by atoms with Crippen molar-refractivity contribution < 1.29 is 4.79 Å². The standard InChI is InChI=1S/C24H20ClNOS/c25-20-13-7-8-14-21(20)26-22(27)15-16-24(26)23(17-28-24,18-9-3-1-4-10-18)19-11-5-2-6-12-19/h1-14H,15-17H2/t24-/m1/s1. The lowest BCUT2D eigenvalue weighted by Gasteiger charge is -2.61. The molecule has 1 atom stereocenters. The summed E-state index contributed by atoms with van der Waals surface area (Å²) in [6.45, 7) is 0. The summed E-state index contributed by atoms with van der Waals surface area (Å²) in [4.78, 5) is 14.8. The van der Waals surface area contributed by atoms with Gasteiger partial charge in [-0.3, -0.25) is 9.69 Å². The van der Waals surface area contributed by atoms with Crippen molar-refractivity contribution in [2.24, 2.45) is 0 Å². The number of hydrogen-bond donors (Lipinski definition) is 0. The van der Waals surface area contributed by atoms with E-state index in [1.807, 2.05) is 53.1 Å². The molecular formula is C24H20ClNOS. The number of hydrogen-bond acceptors (Lipinski definition) is 2. The van der Waals surface area contributed by atoms with Gasteiger partial charge < -0.3 is 0 Å². The molecule has 0 aliphatic carbocycles. The largest absolute Gasteiger partial charge is 0.294 e. The number of carbonyl (C=O) groups excluding carboxylic acids is 1. The summed E-state index contributed by atoms with van der Waals surface area (Å²) in [6.07, 6.45) is 1.35. The molecule has 0 bridgehead atoms. The molecule has 3 aromatic carbocycles. The average Bonchev–Trinajstić information content (AvgIpc) is 3.09. The molecule has 0 radical (unpaired) electrons. The van der Waals surface area contributed by atoms with Crippen LogP contribution in [0, 0.1) is 0 Å². The molecule has 0 unspecified atom stereocenters. The Morgan fingerprint density at radius 1 is 0.821 bits per heavy atom. The molecule has 0 N–H and O–H groups in total. The molecule has 28 heavy (non-hydrogen) atoms. The van der Waals surface area contributed by atoms with E-state index in [0.29, 0.717) is 11.4 Å². The maximum absolute atomic E-state index is 13.1. The van der Waals surface area contributed by atoms with Crippen molar-refractivity contribution in [1.82, 2.24) is 0 Å². The van der Waals surface area contributed by atoms with Gasteiger partial charge in [0.05, 0.1) is 16.1 Å². The Balaban J connectivity index is 1.76. The van der Waals surface area contributed by atoms with E-state index in [0.717, 1.165) is 17.9 Å². The van der Waals surface area contributed by atoms with E-state index in [1.54, 1.807) is 0 Å². The average molecular weight is 406 g/mol. The number of rotatable bonds is 3. The molecule has 2 fully saturated rings. The van der Waals surface area contributed by atoms with Gasteiger partial charge in [-0.1, -0.05) is 84.4 Å². The first kappa shape index (κ1) is 17.8. The maximum Gasteiger partial charge on any atom is 0.228 e. The second-order valence-corrected chi connectivity index (χ2v) is 9.05. The summed E-state index contributed by atoms with van der Waals surface area (Å²) < 4.78 is 0. The third-order valence-corrected chi connectivity index (χ3v) is 8.22. The van der Waals surface area contributed by atoms with Gasteiger partial charge >= 0.3 is 0 Å². The number of thioether (sulfide) groups is 1. The van der Waals surface area contributed by atoms with Crippen LogP contribution in [0.5, 0.6) is 0 Å². The van der Waals surface area contributed by atoms with Crippen molar-refractivity contribution in [3.8, 4) is 0 Å². The Bertz CT molecular complexity index is 984. The first-order chi connectivity index (χ1) is 13.7. The van der Waals surface area contributed by atoms with Gasteiger partial charge in [-0.2, -0.15) is 0 Å². The lowest BCUT2D eigenvalue weighted by molar-refractivity contribution is -0.117. The van der Waals surface area contributed by atoms with E-state index in [9.17, 15) is 4.79 Å². The second kappa shape index (κ2) is 6.68. The van der Waals surface area contributed by atoms with Crippen LogP contribution in [-0.2, 0) is 10.2 Å². The number of para-hydroxylation sites is 1. The van der Waals surface area contributed by atoms with Gasteiger partial charge in [0.2, 0.25) is 5.91 Å². The third-order valence-electron chi connectivity index (χ3n) is 6.11. The summed E-state index contributed by atoms with van der Waals surface area (Å²) in [6, 6.07) is 28.9. The van der Waals surface area contributed by atoms with Crippen LogP contribution in [0.3, 0.4) is 0 Å². The molecule has 1 amide bonds. The van der Waals surface area contributed by atoms with Crippen LogP contribution in [0.15, 0.2) is 84.9 Å². The summed E-state index contributed by atoms with van der Waals surface area (Å²) in [5, 5.41) is 0.625. The molecule has 2 nitrogen and oxygen atoms in total. The zero-order valence-corrected chi connectivity index (χ0v) is 16.9. The predicted octanol–water partition coefficient (Wildman–Crippen LogP) is 5.90. The molecule has 0 aromatic heterocycles. The van der Waals surface area contributed by atoms with E-state index < -0.39 is 0 Å².